The molecule has 1 saturated heterocycles. The summed E-state index contributed by atoms with van der Waals surface area (Å²) < 4.78 is 25.8. The van der Waals surface area contributed by atoms with Gasteiger partial charge < -0.3 is 19.7 Å². The molecule has 0 radical (unpaired) electrons. The zero-order valence-corrected chi connectivity index (χ0v) is 20.4. The number of ether oxygens (including phenoxy) is 2. The predicted molar refractivity (Wildman–Crippen MR) is 131 cm³/mol. The van der Waals surface area contributed by atoms with Gasteiger partial charge in [-0.25, -0.2) is 9.37 Å². The summed E-state index contributed by atoms with van der Waals surface area (Å²) in [6.45, 7) is 2.55. The minimum Gasteiger partial charge on any atom is -0.486 e. The molecule has 0 unspecified atom stereocenters. The maximum absolute atomic E-state index is 15.0. The highest BCUT2D eigenvalue weighted by atomic mass is 19.1. The van der Waals surface area contributed by atoms with E-state index in [2.05, 4.69) is 31.5 Å². The number of nitrogens with one attached hydrogen (secondary N) is 1. The van der Waals surface area contributed by atoms with Gasteiger partial charge >= 0.3 is 0 Å². The number of amides is 1. The van der Waals surface area contributed by atoms with Crippen molar-refractivity contribution in [3.8, 4) is 11.6 Å². The maximum atomic E-state index is 15.0. The van der Waals surface area contributed by atoms with E-state index in [4.69, 9.17) is 9.47 Å². The molecule has 1 aliphatic heterocycles. The van der Waals surface area contributed by atoms with Crippen LogP contribution >= 0.6 is 0 Å². The lowest BCUT2D eigenvalue weighted by atomic mass is 9.92. The largest absolute Gasteiger partial charge is 0.486 e. The molecule has 5 rings (SSSR count). The molecule has 10 heteroatoms. The number of aryl methyl sites for hydroxylation is 2. The van der Waals surface area contributed by atoms with Crippen LogP contribution < -0.4 is 19.7 Å². The Hall–Kier alpha value is -3.82. The first-order valence-corrected chi connectivity index (χ1v) is 12.1. The second-order valence-corrected chi connectivity index (χ2v) is 9.20. The van der Waals surface area contributed by atoms with Gasteiger partial charge in [-0.15, -0.1) is 10.2 Å². The van der Waals surface area contributed by atoms with Crippen molar-refractivity contribution in [1.82, 2.24) is 25.5 Å². The molecule has 36 heavy (non-hydrogen) atoms. The van der Waals surface area contributed by atoms with Crippen LogP contribution in [-0.4, -0.2) is 64.6 Å². The van der Waals surface area contributed by atoms with E-state index < -0.39 is 12.3 Å². The van der Waals surface area contributed by atoms with Gasteiger partial charge in [-0.2, -0.15) is 0 Å². The fourth-order valence-electron chi connectivity index (χ4n) is 4.79. The van der Waals surface area contributed by atoms with E-state index in [1.165, 1.54) is 18.9 Å². The molecule has 0 spiro atoms. The Bertz CT molecular complexity index is 1220. The lowest BCUT2D eigenvalue weighted by Gasteiger charge is -2.35. The van der Waals surface area contributed by atoms with Crippen LogP contribution in [0.15, 0.2) is 42.7 Å². The highest BCUT2D eigenvalue weighted by molar-refractivity contribution is 5.92. The van der Waals surface area contributed by atoms with Crippen molar-refractivity contribution >= 4 is 11.7 Å². The summed E-state index contributed by atoms with van der Waals surface area (Å²) in [6, 6.07) is 9.12. The van der Waals surface area contributed by atoms with Gasteiger partial charge in [0.2, 0.25) is 5.88 Å². The third-order valence-corrected chi connectivity index (χ3v) is 6.69. The normalized spacial score (nSPS) is 21.4. The molecular formula is C26H29FN6O3. The number of hydrogen-bond acceptors (Lipinski definition) is 8. The lowest BCUT2D eigenvalue weighted by Crippen LogP contribution is -2.47. The molecule has 1 aliphatic carbocycles. The van der Waals surface area contributed by atoms with Crippen molar-refractivity contribution in [2.24, 2.45) is 0 Å². The summed E-state index contributed by atoms with van der Waals surface area (Å²) in [5.41, 5.74) is 3.31. The Balaban J connectivity index is 1.18. The Morgan fingerprint density at radius 2 is 2.08 bits per heavy atom. The number of pyridine rings is 2. The monoisotopic (exact) mass is 492 g/mol. The lowest BCUT2D eigenvalue weighted by molar-refractivity contribution is 0.0814. The Morgan fingerprint density at radius 3 is 2.83 bits per heavy atom. The third kappa shape index (κ3) is 5.22. The van der Waals surface area contributed by atoms with Crippen molar-refractivity contribution in [2.45, 2.75) is 50.9 Å². The quantitative estimate of drug-likeness (QED) is 0.561. The second-order valence-electron chi connectivity index (χ2n) is 9.20. The zero-order valence-electron chi connectivity index (χ0n) is 20.4. The van der Waals surface area contributed by atoms with Gasteiger partial charge in [0, 0.05) is 37.0 Å². The molecule has 0 bridgehead atoms. The van der Waals surface area contributed by atoms with Gasteiger partial charge in [-0.1, -0.05) is 6.07 Å². The van der Waals surface area contributed by atoms with Gasteiger partial charge in [0.1, 0.15) is 11.9 Å². The molecule has 0 saturated carbocycles. The van der Waals surface area contributed by atoms with Crippen molar-refractivity contribution < 1.29 is 18.7 Å². The first-order valence-electron chi connectivity index (χ1n) is 12.1. The number of alkyl halides is 1. The average Bonchev–Trinajstić information content (AvgIpc) is 2.90. The van der Waals surface area contributed by atoms with E-state index in [-0.39, 0.29) is 24.2 Å². The molecule has 9 nitrogen and oxygen atoms in total. The second kappa shape index (κ2) is 10.4. The van der Waals surface area contributed by atoms with Crippen LogP contribution in [-0.2, 0) is 12.8 Å². The van der Waals surface area contributed by atoms with E-state index in [9.17, 15) is 9.18 Å². The van der Waals surface area contributed by atoms with Gasteiger partial charge in [0.25, 0.3) is 5.91 Å². The van der Waals surface area contributed by atoms with Gasteiger partial charge in [0.05, 0.1) is 19.9 Å². The Morgan fingerprint density at radius 1 is 1.19 bits per heavy atom. The standard InChI is InChI=1S/C26H29FN6O3/c1-16-12-22(26(34)30-18-5-7-21-17(13-18)4-3-10-28-21)31-32-25(16)33-11-9-23(20(27)15-33)36-19-6-8-24(35-2)29-14-19/h3-4,6,8,10,12,14,18,20,23H,5,7,9,11,13,15H2,1-2H3,(H,30,34)/t18-,20-,23+/m0/s1. The molecule has 188 valence electrons. The molecule has 2 aliphatic rings. The molecule has 3 aromatic heterocycles. The fourth-order valence-corrected chi connectivity index (χ4v) is 4.79. The predicted octanol–water partition coefficient (Wildman–Crippen LogP) is 2.87. The maximum Gasteiger partial charge on any atom is 0.272 e. The summed E-state index contributed by atoms with van der Waals surface area (Å²) in [4.78, 5) is 23.2. The van der Waals surface area contributed by atoms with Crippen LogP contribution in [0.4, 0.5) is 10.2 Å². The highest BCUT2D eigenvalue weighted by Crippen LogP contribution is 2.26. The number of fused-ring (bicyclic) bond motifs is 1. The number of carbonyl (C=O) groups is 1. The van der Waals surface area contributed by atoms with Crippen LogP contribution in [0.3, 0.4) is 0 Å². The number of carbonyl (C=O) groups excluding carboxylic acids is 1. The molecular weight excluding hydrogens is 463 g/mol. The van der Waals surface area contributed by atoms with Crippen molar-refractivity contribution in [3.05, 3.63) is 65.2 Å². The topological polar surface area (TPSA) is 102 Å². The molecule has 3 atom stereocenters. The van der Waals surface area contributed by atoms with E-state index >= 15 is 0 Å². The number of rotatable bonds is 6. The summed E-state index contributed by atoms with van der Waals surface area (Å²) >= 11 is 0. The van der Waals surface area contributed by atoms with Crippen LogP contribution in [0.25, 0.3) is 0 Å². The van der Waals surface area contributed by atoms with Gasteiger partial charge in [0.15, 0.2) is 17.7 Å². The Kier molecular flexibility index (Phi) is 6.92. The highest BCUT2D eigenvalue weighted by Gasteiger charge is 2.32. The van der Waals surface area contributed by atoms with E-state index in [0.29, 0.717) is 30.4 Å². The van der Waals surface area contributed by atoms with Crippen LogP contribution in [0.1, 0.15) is 40.2 Å². The van der Waals surface area contributed by atoms with Crippen LogP contribution in [0.2, 0.25) is 0 Å². The minimum atomic E-state index is -1.21. The SMILES string of the molecule is COc1ccc(O[C@@H]2CCN(c3nnc(C(=O)N[C@H]4CCc5ncccc5C4)cc3C)C[C@@H]2F)cn1. The van der Waals surface area contributed by atoms with Gasteiger partial charge in [-0.3, -0.25) is 9.78 Å². The minimum absolute atomic E-state index is 0.0307. The summed E-state index contributed by atoms with van der Waals surface area (Å²) in [6.07, 6.45) is 4.44. The number of anilines is 1. The number of piperidine rings is 1. The van der Waals surface area contributed by atoms with E-state index in [1.54, 1.807) is 24.4 Å². The summed E-state index contributed by atoms with van der Waals surface area (Å²) in [5.74, 6) is 1.30. The van der Waals surface area contributed by atoms with Crippen molar-refractivity contribution in [3.63, 3.8) is 0 Å². The molecule has 0 aromatic carbocycles. The number of methoxy groups -OCH3 is 1. The van der Waals surface area contributed by atoms with Crippen LogP contribution in [0.5, 0.6) is 11.6 Å². The molecule has 3 aromatic rings. The van der Waals surface area contributed by atoms with Gasteiger partial charge in [-0.05, 0) is 55.5 Å². The van der Waals surface area contributed by atoms with E-state index in [1.807, 2.05) is 17.9 Å². The number of hydrogen-bond donors (Lipinski definition) is 1. The summed E-state index contributed by atoms with van der Waals surface area (Å²) in [7, 11) is 1.54. The van der Waals surface area contributed by atoms with Crippen molar-refractivity contribution in [2.75, 3.05) is 25.1 Å². The Labute approximate surface area is 209 Å². The molecule has 4 heterocycles. The third-order valence-electron chi connectivity index (χ3n) is 6.69. The smallest absolute Gasteiger partial charge is 0.272 e. The number of aromatic nitrogens is 4. The molecule has 1 N–H and O–H groups in total. The first kappa shape index (κ1) is 23.9. The molecule has 1 amide bonds. The number of halogens is 1. The fraction of sp³-hybridized carbons (Fsp3) is 0.423. The average molecular weight is 493 g/mol. The summed E-state index contributed by atoms with van der Waals surface area (Å²) in [5, 5.41) is 11.5. The van der Waals surface area contributed by atoms with E-state index in [0.717, 1.165) is 30.5 Å². The first-order chi connectivity index (χ1) is 17.5. The van der Waals surface area contributed by atoms with Crippen molar-refractivity contribution in [1.29, 1.82) is 0 Å². The van der Waals surface area contributed by atoms with Crippen LogP contribution in [0, 0.1) is 6.92 Å². The zero-order chi connectivity index (χ0) is 25.1. The number of nitrogens with zero attached hydrogens (tertiary/aromatic N) is 5. The molecule has 1 fully saturated rings.